The van der Waals surface area contributed by atoms with Crippen molar-refractivity contribution in [2.24, 2.45) is 0 Å². The summed E-state index contributed by atoms with van der Waals surface area (Å²) >= 11 is 1.22. The van der Waals surface area contributed by atoms with Crippen molar-refractivity contribution in [2.45, 2.75) is 25.7 Å². The van der Waals surface area contributed by atoms with Crippen LogP contribution in [0.2, 0.25) is 0 Å². The van der Waals surface area contributed by atoms with E-state index in [-0.39, 0.29) is 29.5 Å². The lowest BCUT2D eigenvalue weighted by molar-refractivity contribution is -0.125. The molecule has 1 N–H and O–H groups in total. The van der Waals surface area contributed by atoms with Crippen LogP contribution in [0.3, 0.4) is 0 Å². The van der Waals surface area contributed by atoms with E-state index in [1.165, 1.54) is 16.7 Å². The third-order valence-corrected chi connectivity index (χ3v) is 5.55. The van der Waals surface area contributed by atoms with E-state index in [0.717, 1.165) is 0 Å². The number of aromatic amines is 1. The van der Waals surface area contributed by atoms with Crippen molar-refractivity contribution in [3.05, 3.63) is 52.3 Å². The number of ether oxygens (including phenoxy) is 2. The Hall–Kier alpha value is -3.07. The fraction of sp³-hybridized carbons (Fsp3) is 0.364. The standard InChI is InChI=1S/C22H26N2O6S/c1-6-29-22(28)19-13(2)20(23-14(19)3)16(25)11-30-21(27)15-9-7-8-10-17(15)31-12-18(26)24(4)5/h7-10,23H,6,11-12H2,1-5H3. The van der Waals surface area contributed by atoms with Crippen molar-refractivity contribution in [1.29, 1.82) is 0 Å². The van der Waals surface area contributed by atoms with Gasteiger partial charge in [0.25, 0.3) is 0 Å². The molecule has 9 heteroatoms. The van der Waals surface area contributed by atoms with Crippen LogP contribution in [0, 0.1) is 13.8 Å². The van der Waals surface area contributed by atoms with Gasteiger partial charge in [-0.2, -0.15) is 0 Å². The van der Waals surface area contributed by atoms with Crippen LogP contribution in [0.25, 0.3) is 0 Å². The number of ketones is 1. The quantitative estimate of drug-likeness (QED) is 0.358. The van der Waals surface area contributed by atoms with E-state index in [9.17, 15) is 19.2 Å². The second-order valence-corrected chi connectivity index (χ2v) is 7.93. The molecule has 0 radical (unpaired) electrons. The highest BCUT2D eigenvalue weighted by Crippen LogP contribution is 2.24. The molecule has 0 saturated carbocycles. The first-order chi connectivity index (χ1) is 14.7. The minimum Gasteiger partial charge on any atom is -0.462 e. The number of Topliss-reactive ketones (excluding diaryl/α,β-unsaturated/α-hetero) is 1. The van der Waals surface area contributed by atoms with Crippen LogP contribution in [-0.2, 0) is 14.3 Å². The largest absolute Gasteiger partial charge is 0.462 e. The predicted octanol–water partition coefficient (Wildman–Crippen LogP) is 3.03. The van der Waals surface area contributed by atoms with Crippen molar-refractivity contribution in [3.63, 3.8) is 0 Å². The summed E-state index contributed by atoms with van der Waals surface area (Å²) in [4.78, 5) is 54.0. The zero-order valence-corrected chi connectivity index (χ0v) is 19.1. The molecular weight excluding hydrogens is 420 g/mol. The average Bonchev–Trinajstić information content (AvgIpc) is 3.04. The Labute approximate surface area is 185 Å². The number of nitrogens with zero attached hydrogens (tertiary/aromatic N) is 1. The Morgan fingerprint density at radius 1 is 1.03 bits per heavy atom. The number of hydrogen-bond donors (Lipinski definition) is 1. The molecule has 8 nitrogen and oxygen atoms in total. The molecule has 0 aliphatic heterocycles. The van der Waals surface area contributed by atoms with Gasteiger partial charge in [0.15, 0.2) is 6.61 Å². The summed E-state index contributed by atoms with van der Waals surface area (Å²) < 4.78 is 10.2. The van der Waals surface area contributed by atoms with Crippen LogP contribution in [-0.4, -0.2) is 66.6 Å². The number of rotatable bonds is 9. The topological polar surface area (TPSA) is 106 Å². The Kier molecular flexibility index (Phi) is 8.44. The number of thioether (sulfide) groups is 1. The van der Waals surface area contributed by atoms with E-state index in [4.69, 9.17) is 9.47 Å². The molecule has 0 unspecified atom stereocenters. The number of benzene rings is 1. The Balaban J connectivity index is 2.09. The first-order valence-electron chi connectivity index (χ1n) is 9.65. The summed E-state index contributed by atoms with van der Waals surface area (Å²) in [5.41, 5.74) is 1.75. The monoisotopic (exact) mass is 446 g/mol. The zero-order chi connectivity index (χ0) is 23.1. The summed E-state index contributed by atoms with van der Waals surface area (Å²) in [6, 6.07) is 6.74. The molecule has 0 saturated heterocycles. The van der Waals surface area contributed by atoms with Crippen LogP contribution < -0.4 is 0 Å². The predicted molar refractivity (Wildman–Crippen MR) is 117 cm³/mol. The Bertz CT molecular complexity index is 996. The summed E-state index contributed by atoms with van der Waals surface area (Å²) in [5.74, 6) is -1.55. The molecule has 0 atom stereocenters. The van der Waals surface area contributed by atoms with E-state index in [1.54, 1.807) is 59.1 Å². The van der Waals surface area contributed by atoms with Gasteiger partial charge in [-0.1, -0.05) is 12.1 Å². The van der Waals surface area contributed by atoms with Crippen molar-refractivity contribution >= 4 is 35.4 Å². The van der Waals surface area contributed by atoms with Crippen LogP contribution in [0.5, 0.6) is 0 Å². The second kappa shape index (κ2) is 10.8. The Morgan fingerprint density at radius 2 is 1.71 bits per heavy atom. The van der Waals surface area contributed by atoms with E-state index < -0.39 is 24.3 Å². The lowest BCUT2D eigenvalue weighted by Crippen LogP contribution is -2.23. The molecule has 0 fully saturated rings. The van der Waals surface area contributed by atoms with Gasteiger partial charge < -0.3 is 19.4 Å². The molecule has 1 amide bonds. The molecule has 1 aromatic carbocycles. The second-order valence-electron chi connectivity index (χ2n) is 6.92. The van der Waals surface area contributed by atoms with Crippen molar-refractivity contribution in [1.82, 2.24) is 9.88 Å². The number of esters is 2. The van der Waals surface area contributed by atoms with Crippen LogP contribution in [0.1, 0.15) is 49.4 Å². The normalized spacial score (nSPS) is 10.5. The van der Waals surface area contributed by atoms with Crippen LogP contribution in [0.15, 0.2) is 29.2 Å². The summed E-state index contributed by atoms with van der Waals surface area (Å²) in [7, 11) is 3.32. The van der Waals surface area contributed by atoms with E-state index in [2.05, 4.69) is 4.98 Å². The van der Waals surface area contributed by atoms with E-state index in [0.29, 0.717) is 21.7 Å². The molecule has 0 spiro atoms. The number of hydrogen-bond acceptors (Lipinski definition) is 7. The summed E-state index contributed by atoms with van der Waals surface area (Å²) in [6.07, 6.45) is 0. The van der Waals surface area contributed by atoms with Gasteiger partial charge in [-0.15, -0.1) is 11.8 Å². The summed E-state index contributed by atoms with van der Waals surface area (Å²) in [6.45, 7) is 4.75. The molecule has 1 heterocycles. The van der Waals surface area contributed by atoms with Crippen molar-refractivity contribution < 1.29 is 28.7 Å². The summed E-state index contributed by atoms with van der Waals surface area (Å²) in [5, 5.41) is 0. The first kappa shape index (κ1) is 24.2. The third-order valence-electron chi connectivity index (χ3n) is 4.49. The number of carbonyl (C=O) groups is 4. The highest BCUT2D eigenvalue weighted by molar-refractivity contribution is 8.00. The molecule has 1 aromatic heterocycles. The molecule has 0 aliphatic carbocycles. The molecule has 166 valence electrons. The van der Waals surface area contributed by atoms with Gasteiger partial charge in [-0.25, -0.2) is 9.59 Å². The minimum absolute atomic E-state index is 0.0849. The van der Waals surface area contributed by atoms with Crippen molar-refractivity contribution in [2.75, 3.05) is 33.1 Å². The number of aryl methyl sites for hydroxylation is 1. The lowest BCUT2D eigenvalue weighted by atomic mass is 10.1. The van der Waals surface area contributed by atoms with Gasteiger partial charge in [-0.05, 0) is 38.5 Å². The molecule has 31 heavy (non-hydrogen) atoms. The van der Waals surface area contributed by atoms with Gasteiger partial charge in [0, 0.05) is 24.7 Å². The van der Waals surface area contributed by atoms with Gasteiger partial charge in [-0.3, -0.25) is 9.59 Å². The SMILES string of the molecule is CCOC(=O)c1c(C)[nH]c(C(=O)COC(=O)c2ccccc2SCC(=O)N(C)C)c1C. The highest BCUT2D eigenvalue weighted by Gasteiger charge is 2.24. The fourth-order valence-electron chi connectivity index (χ4n) is 2.85. The third kappa shape index (κ3) is 5.97. The maximum atomic E-state index is 12.6. The van der Waals surface area contributed by atoms with Gasteiger partial charge in [0.05, 0.1) is 29.2 Å². The maximum Gasteiger partial charge on any atom is 0.340 e. The molecule has 0 bridgehead atoms. The molecule has 0 aliphatic rings. The number of H-pyrrole nitrogens is 1. The lowest BCUT2D eigenvalue weighted by Gasteiger charge is -2.11. The number of aromatic nitrogens is 1. The fourth-order valence-corrected chi connectivity index (χ4v) is 3.87. The maximum absolute atomic E-state index is 12.6. The number of carbonyl (C=O) groups excluding carboxylic acids is 4. The van der Waals surface area contributed by atoms with E-state index >= 15 is 0 Å². The molecule has 2 aromatic rings. The highest BCUT2D eigenvalue weighted by atomic mass is 32.2. The molecular formula is C22H26N2O6S. The number of amides is 1. The van der Waals surface area contributed by atoms with Gasteiger partial charge in [0.1, 0.15) is 0 Å². The smallest absolute Gasteiger partial charge is 0.340 e. The van der Waals surface area contributed by atoms with Gasteiger partial charge in [0.2, 0.25) is 11.7 Å². The van der Waals surface area contributed by atoms with Crippen LogP contribution in [0.4, 0.5) is 0 Å². The Morgan fingerprint density at radius 3 is 2.35 bits per heavy atom. The first-order valence-corrected chi connectivity index (χ1v) is 10.6. The number of nitrogens with one attached hydrogen (secondary N) is 1. The zero-order valence-electron chi connectivity index (χ0n) is 18.2. The van der Waals surface area contributed by atoms with Crippen LogP contribution >= 0.6 is 11.8 Å². The van der Waals surface area contributed by atoms with Gasteiger partial charge >= 0.3 is 11.9 Å². The minimum atomic E-state index is -0.666. The van der Waals surface area contributed by atoms with E-state index in [1.807, 2.05) is 0 Å². The average molecular weight is 447 g/mol. The van der Waals surface area contributed by atoms with Crippen molar-refractivity contribution in [3.8, 4) is 0 Å². The molecule has 2 rings (SSSR count).